The van der Waals surface area contributed by atoms with E-state index in [4.69, 9.17) is 4.74 Å². The second-order valence-corrected chi connectivity index (χ2v) is 7.84. The Morgan fingerprint density at radius 1 is 1.40 bits per heavy atom. The Kier molecular flexibility index (Phi) is 3.26. The molecule has 1 saturated heterocycles. The highest BCUT2D eigenvalue weighted by molar-refractivity contribution is 5.90. The number of carbonyl (C=O) groups is 2. The molecule has 1 N–H and O–H groups in total. The van der Waals surface area contributed by atoms with Crippen LogP contribution in [-0.2, 0) is 22.5 Å². The van der Waals surface area contributed by atoms with Crippen LogP contribution in [0.2, 0.25) is 0 Å². The fraction of sp³-hybridized carbons (Fsp3) is 0.722. The van der Waals surface area contributed by atoms with Gasteiger partial charge in [-0.15, -0.1) is 0 Å². The molecule has 0 bridgehead atoms. The summed E-state index contributed by atoms with van der Waals surface area (Å²) >= 11 is 0. The first-order chi connectivity index (χ1) is 12.1. The smallest absolute Gasteiger partial charge is 0.359 e. The molecule has 4 aliphatic rings. The van der Waals surface area contributed by atoms with Gasteiger partial charge in [-0.1, -0.05) is 0 Å². The van der Waals surface area contributed by atoms with Gasteiger partial charge in [-0.2, -0.15) is 5.10 Å². The second kappa shape index (κ2) is 5.30. The van der Waals surface area contributed by atoms with Gasteiger partial charge >= 0.3 is 5.97 Å². The van der Waals surface area contributed by atoms with Crippen LogP contribution in [0.5, 0.6) is 0 Å². The van der Waals surface area contributed by atoms with Crippen molar-refractivity contribution in [1.82, 2.24) is 20.0 Å². The molecular weight excluding hydrogens is 320 g/mol. The lowest BCUT2D eigenvalue weighted by Gasteiger charge is -2.37. The van der Waals surface area contributed by atoms with E-state index in [0.29, 0.717) is 24.1 Å². The second-order valence-electron chi connectivity index (χ2n) is 7.84. The van der Waals surface area contributed by atoms with Gasteiger partial charge in [0.25, 0.3) is 0 Å². The van der Waals surface area contributed by atoms with Crippen LogP contribution in [0.3, 0.4) is 0 Å². The molecule has 3 fully saturated rings. The molecule has 1 amide bonds. The Morgan fingerprint density at radius 3 is 3.00 bits per heavy atom. The summed E-state index contributed by atoms with van der Waals surface area (Å²) in [5.41, 5.74) is 2.61. The normalized spacial score (nSPS) is 27.8. The third-order valence-corrected chi connectivity index (χ3v) is 6.27. The van der Waals surface area contributed by atoms with Crippen molar-refractivity contribution in [3.05, 3.63) is 17.0 Å². The number of aromatic nitrogens is 2. The first-order valence-corrected chi connectivity index (χ1v) is 9.41. The predicted octanol–water partition coefficient (Wildman–Crippen LogP) is 0.684. The molecule has 134 valence electrons. The quantitative estimate of drug-likeness (QED) is 0.813. The molecule has 1 spiro atoms. The molecule has 3 aliphatic carbocycles. The van der Waals surface area contributed by atoms with Crippen LogP contribution in [-0.4, -0.2) is 58.3 Å². The molecule has 7 nitrogen and oxygen atoms in total. The van der Waals surface area contributed by atoms with E-state index in [0.717, 1.165) is 56.6 Å². The van der Waals surface area contributed by atoms with Crippen LogP contribution in [0.15, 0.2) is 0 Å². The van der Waals surface area contributed by atoms with Crippen molar-refractivity contribution in [1.29, 1.82) is 0 Å². The molecule has 0 aromatic carbocycles. The molecule has 1 aliphatic heterocycles. The minimum atomic E-state index is -0.349. The van der Waals surface area contributed by atoms with Crippen molar-refractivity contribution in [3.8, 4) is 0 Å². The highest BCUT2D eigenvalue weighted by Gasteiger charge is 2.52. The van der Waals surface area contributed by atoms with E-state index in [1.54, 1.807) is 11.6 Å². The largest absolute Gasteiger partial charge is 0.461 e. The van der Waals surface area contributed by atoms with Crippen LogP contribution >= 0.6 is 0 Å². The van der Waals surface area contributed by atoms with E-state index in [1.165, 1.54) is 0 Å². The first kappa shape index (κ1) is 15.4. The van der Waals surface area contributed by atoms with Gasteiger partial charge in [0.1, 0.15) is 6.54 Å². The van der Waals surface area contributed by atoms with Gasteiger partial charge in [-0.3, -0.25) is 9.48 Å². The molecule has 7 heteroatoms. The number of esters is 1. The number of fused-ring (bicyclic) bond motifs is 3. The number of hydrogen-bond acceptors (Lipinski definition) is 5. The van der Waals surface area contributed by atoms with Crippen molar-refractivity contribution in [2.24, 2.45) is 5.92 Å². The lowest BCUT2D eigenvalue weighted by molar-refractivity contribution is -0.136. The van der Waals surface area contributed by atoms with Gasteiger partial charge in [-0.05, 0) is 44.4 Å². The van der Waals surface area contributed by atoms with Crippen molar-refractivity contribution in [2.45, 2.75) is 50.6 Å². The van der Waals surface area contributed by atoms with Crippen LogP contribution in [0, 0.1) is 5.92 Å². The maximum absolute atomic E-state index is 12.9. The van der Waals surface area contributed by atoms with Gasteiger partial charge in [0, 0.05) is 30.9 Å². The van der Waals surface area contributed by atoms with E-state index in [-0.39, 0.29) is 24.0 Å². The third kappa shape index (κ3) is 2.32. The molecular formula is C18H24N4O3. The first-order valence-electron chi connectivity index (χ1n) is 9.41. The van der Waals surface area contributed by atoms with Gasteiger partial charge in [-0.25, -0.2) is 4.79 Å². The molecule has 1 unspecified atom stereocenters. The van der Waals surface area contributed by atoms with E-state index >= 15 is 0 Å². The standard InChI is InChI=1S/C18H24N4O3/c1-2-25-17(24)16-15-12-7-11(12)8-13(15)22(20-16)9-14(23)21-6-5-19-10-18(21)3-4-18/h11-12,19H,2-10H2,1H3/t11-,12?/m1/s1. The summed E-state index contributed by atoms with van der Waals surface area (Å²) < 4.78 is 6.97. The summed E-state index contributed by atoms with van der Waals surface area (Å²) in [7, 11) is 0. The number of carbonyl (C=O) groups excluding carboxylic acids is 2. The van der Waals surface area contributed by atoms with Crippen molar-refractivity contribution < 1.29 is 14.3 Å². The maximum atomic E-state index is 12.9. The number of nitrogens with one attached hydrogen (secondary N) is 1. The summed E-state index contributed by atoms with van der Waals surface area (Å²) in [5.74, 6) is 0.863. The zero-order valence-corrected chi connectivity index (χ0v) is 14.6. The number of ether oxygens (including phenoxy) is 1. The summed E-state index contributed by atoms with van der Waals surface area (Å²) in [6.07, 6.45) is 4.24. The van der Waals surface area contributed by atoms with Gasteiger partial charge in [0.05, 0.1) is 12.1 Å². The number of nitrogens with zero attached hydrogens (tertiary/aromatic N) is 3. The van der Waals surface area contributed by atoms with Crippen molar-refractivity contribution in [2.75, 3.05) is 26.2 Å². The van der Waals surface area contributed by atoms with Gasteiger partial charge < -0.3 is 15.0 Å². The summed E-state index contributed by atoms with van der Waals surface area (Å²) in [6, 6.07) is 0. The number of amides is 1. The van der Waals surface area contributed by atoms with Gasteiger partial charge in [0.15, 0.2) is 5.69 Å². The summed E-state index contributed by atoms with van der Waals surface area (Å²) in [5, 5.41) is 7.90. The minimum Gasteiger partial charge on any atom is -0.461 e. The Labute approximate surface area is 146 Å². The zero-order chi connectivity index (χ0) is 17.2. The Hall–Kier alpha value is -1.89. The number of hydrogen-bond donors (Lipinski definition) is 1. The average molecular weight is 344 g/mol. The Balaban J connectivity index is 1.41. The monoisotopic (exact) mass is 344 g/mol. The minimum absolute atomic E-state index is 0.0395. The molecule has 1 aromatic heterocycles. The Morgan fingerprint density at radius 2 is 2.24 bits per heavy atom. The third-order valence-electron chi connectivity index (χ3n) is 6.27. The molecule has 1 aromatic rings. The highest BCUT2D eigenvalue weighted by atomic mass is 16.5. The Bertz CT molecular complexity index is 752. The van der Waals surface area contributed by atoms with E-state index in [9.17, 15) is 9.59 Å². The lowest BCUT2D eigenvalue weighted by atomic mass is 10.1. The van der Waals surface area contributed by atoms with Crippen LogP contribution < -0.4 is 5.32 Å². The van der Waals surface area contributed by atoms with Crippen molar-refractivity contribution in [3.63, 3.8) is 0 Å². The van der Waals surface area contributed by atoms with Crippen LogP contribution in [0.1, 0.15) is 53.8 Å². The predicted molar refractivity (Wildman–Crippen MR) is 89.3 cm³/mol. The fourth-order valence-electron chi connectivity index (χ4n) is 4.71. The SMILES string of the molecule is CCOC(=O)c1nn(CC(=O)N2CCNCC23CC3)c2c1C1C[C@@H]1C2. The molecule has 0 radical (unpaired) electrons. The van der Waals surface area contributed by atoms with Crippen molar-refractivity contribution >= 4 is 11.9 Å². The molecule has 2 atom stereocenters. The van der Waals surface area contributed by atoms with E-state index in [1.807, 2.05) is 4.90 Å². The molecule has 2 saturated carbocycles. The lowest BCUT2D eigenvalue weighted by Crippen LogP contribution is -2.56. The topological polar surface area (TPSA) is 76.5 Å². The zero-order valence-electron chi connectivity index (χ0n) is 14.6. The van der Waals surface area contributed by atoms with E-state index in [2.05, 4.69) is 10.4 Å². The number of piperazine rings is 1. The van der Waals surface area contributed by atoms with Gasteiger partial charge in [0.2, 0.25) is 5.91 Å². The van der Waals surface area contributed by atoms with Crippen LogP contribution in [0.25, 0.3) is 0 Å². The summed E-state index contributed by atoms with van der Waals surface area (Å²) in [4.78, 5) is 27.3. The maximum Gasteiger partial charge on any atom is 0.359 e. The average Bonchev–Trinajstić information content (AvgIpc) is 3.47. The molecule has 25 heavy (non-hydrogen) atoms. The number of rotatable bonds is 4. The van der Waals surface area contributed by atoms with Crippen LogP contribution in [0.4, 0.5) is 0 Å². The molecule has 5 rings (SSSR count). The molecule has 2 heterocycles. The fourth-order valence-corrected chi connectivity index (χ4v) is 4.71. The summed E-state index contributed by atoms with van der Waals surface area (Å²) in [6.45, 7) is 4.90. The van der Waals surface area contributed by atoms with E-state index < -0.39 is 0 Å². The highest BCUT2D eigenvalue weighted by Crippen LogP contribution is 2.57.